The van der Waals surface area contributed by atoms with Crippen LogP contribution in [0.5, 0.6) is 0 Å². The number of amides is 2. The van der Waals surface area contributed by atoms with Gasteiger partial charge in [-0.3, -0.25) is 9.59 Å². The molecule has 0 heterocycles. The van der Waals surface area contributed by atoms with Crippen LogP contribution in [-0.2, 0) is 29.0 Å². The molecule has 210 valence electrons. The molecular weight excluding hydrogens is 509 g/mol. The lowest BCUT2D eigenvalue weighted by atomic mass is 9.98. The topological polar surface area (TPSA) is 81.7 Å². The third kappa shape index (κ3) is 10.4. The number of nitrogens with one attached hydrogen (secondary N) is 2. The van der Waals surface area contributed by atoms with Gasteiger partial charge < -0.3 is 20.6 Å². The number of benzene rings is 2. The fraction of sp³-hybridized carbons (Fsp3) is 0.481. The lowest BCUT2D eigenvalue weighted by Crippen LogP contribution is -2.55. The number of unbranched alkanes of at least 4 members (excludes halogenated alkanes) is 1. The zero-order valence-corrected chi connectivity index (χ0v) is 21.5. The molecule has 0 spiro atoms. The maximum atomic E-state index is 13.8. The second-order valence-corrected chi connectivity index (χ2v) is 9.11. The number of carbonyl (C=O) groups is 2. The Bertz CT molecular complexity index is 1040. The van der Waals surface area contributed by atoms with E-state index in [1.807, 2.05) is 31.2 Å². The second kappa shape index (κ2) is 14.8. The summed E-state index contributed by atoms with van der Waals surface area (Å²) < 4.78 is 68.3. The Balaban J connectivity index is 2.26. The van der Waals surface area contributed by atoms with Crippen LogP contribution >= 0.6 is 0 Å². The SMILES string of the molecule is CCc1cccc(CNC[C@H](O)[C@H](Cc2cc(F)cc(F)c2)N(CCCCNC(C)=O)C(=O)C(F)(F)F)c1. The van der Waals surface area contributed by atoms with Gasteiger partial charge in [0.25, 0.3) is 0 Å². The second-order valence-electron chi connectivity index (χ2n) is 9.11. The van der Waals surface area contributed by atoms with Gasteiger partial charge in [0.2, 0.25) is 5.91 Å². The first-order valence-corrected chi connectivity index (χ1v) is 12.4. The minimum atomic E-state index is -5.23. The molecule has 0 saturated heterocycles. The van der Waals surface area contributed by atoms with Crippen molar-refractivity contribution in [1.82, 2.24) is 15.5 Å². The Morgan fingerprint density at radius 2 is 1.66 bits per heavy atom. The molecule has 0 radical (unpaired) electrons. The Labute approximate surface area is 219 Å². The van der Waals surface area contributed by atoms with Gasteiger partial charge in [0.05, 0.1) is 12.1 Å². The molecule has 2 aromatic rings. The molecule has 3 N–H and O–H groups in total. The number of nitrogens with zero attached hydrogens (tertiary/aromatic N) is 1. The summed E-state index contributed by atoms with van der Waals surface area (Å²) in [5, 5.41) is 16.5. The molecule has 2 aromatic carbocycles. The minimum Gasteiger partial charge on any atom is -0.390 e. The van der Waals surface area contributed by atoms with Crippen molar-refractivity contribution < 1.29 is 36.6 Å². The van der Waals surface area contributed by atoms with Crippen LogP contribution < -0.4 is 10.6 Å². The van der Waals surface area contributed by atoms with Crippen LogP contribution in [0.4, 0.5) is 22.0 Å². The number of rotatable bonds is 14. The van der Waals surface area contributed by atoms with Crippen molar-refractivity contribution in [2.75, 3.05) is 19.6 Å². The van der Waals surface area contributed by atoms with Crippen molar-refractivity contribution >= 4 is 11.8 Å². The summed E-state index contributed by atoms with van der Waals surface area (Å²) in [7, 11) is 0. The summed E-state index contributed by atoms with van der Waals surface area (Å²) in [6.45, 7) is 3.26. The average molecular weight is 544 g/mol. The Morgan fingerprint density at radius 3 is 2.26 bits per heavy atom. The quantitative estimate of drug-likeness (QED) is 0.250. The Hall–Kier alpha value is -3.05. The monoisotopic (exact) mass is 543 g/mol. The van der Waals surface area contributed by atoms with Crippen LogP contribution in [0.3, 0.4) is 0 Å². The number of aliphatic hydroxyl groups is 1. The molecule has 2 rings (SSSR count). The molecular formula is C27H34F5N3O3. The molecule has 0 fully saturated rings. The van der Waals surface area contributed by atoms with Gasteiger partial charge in [-0.25, -0.2) is 8.78 Å². The maximum Gasteiger partial charge on any atom is 0.471 e. The molecule has 0 aliphatic carbocycles. The fourth-order valence-corrected chi connectivity index (χ4v) is 4.14. The van der Waals surface area contributed by atoms with Crippen LogP contribution in [0.25, 0.3) is 0 Å². The van der Waals surface area contributed by atoms with Gasteiger partial charge in [0.1, 0.15) is 11.6 Å². The Kier molecular flexibility index (Phi) is 12.1. The van der Waals surface area contributed by atoms with Gasteiger partial charge in [-0.2, -0.15) is 13.2 Å². The molecule has 0 aliphatic heterocycles. The zero-order chi connectivity index (χ0) is 28.3. The first kappa shape index (κ1) is 31.2. The highest BCUT2D eigenvalue weighted by molar-refractivity contribution is 5.82. The summed E-state index contributed by atoms with van der Waals surface area (Å²) in [5.74, 6) is -4.31. The number of aryl methyl sites for hydroxylation is 1. The lowest BCUT2D eigenvalue weighted by Gasteiger charge is -2.36. The number of alkyl halides is 3. The third-order valence-corrected chi connectivity index (χ3v) is 6.00. The molecule has 2 amide bonds. The lowest BCUT2D eigenvalue weighted by molar-refractivity contribution is -0.190. The standard InChI is InChI=1S/C27H34F5N3O3/c1-3-19-7-6-8-20(11-19)16-33-17-25(37)24(14-21-12-22(28)15-23(29)13-21)35(26(38)27(30,31)32)10-5-4-9-34-18(2)36/h6-8,11-13,15,24-25,33,37H,3-5,9-10,14,16-17H2,1-2H3,(H,34,36)/t24-,25-/m0/s1. The smallest absolute Gasteiger partial charge is 0.390 e. The predicted molar refractivity (Wildman–Crippen MR) is 133 cm³/mol. The van der Waals surface area contributed by atoms with Crippen LogP contribution in [-0.4, -0.2) is 59.8 Å². The van der Waals surface area contributed by atoms with Gasteiger partial charge in [-0.1, -0.05) is 31.2 Å². The number of hydrogen-bond acceptors (Lipinski definition) is 4. The average Bonchev–Trinajstić information content (AvgIpc) is 2.83. The molecule has 6 nitrogen and oxygen atoms in total. The Morgan fingerprint density at radius 1 is 1.00 bits per heavy atom. The number of carbonyl (C=O) groups excluding carboxylic acids is 2. The third-order valence-electron chi connectivity index (χ3n) is 6.00. The first-order chi connectivity index (χ1) is 17.9. The van der Waals surface area contributed by atoms with Crippen LogP contribution in [0.1, 0.15) is 43.4 Å². The molecule has 38 heavy (non-hydrogen) atoms. The van der Waals surface area contributed by atoms with Crippen molar-refractivity contribution in [3.05, 3.63) is 70.8 Å². The van der Waals surface area contributed by atoms with E-state index < -0.39 is 42.3 Å². The summed E-state index contributed by atoms with van der Waals surface area (Å²) >= 11 is 0. The van der Waals surface area contributed by atoms with Crippen molar-refractivity contribution in [3.8, 4) is 0 Å². The highest BCUT2D eigenvalue weighted by Gasteiger charge is 2.45. The van der Waals surface area contributed by atoms with Gasteiger partial charge >= 0.3 is 12.1 Å². The summed E-state index contributed by atoms with van der Waals surface area (Å²) in [4.78, 5) is 24.0. The molecule has 2 atom stereocenters. The summed E-state index contributed by atoms with van der Waals surface area (Å²) in [6, 6.07) is 8.76. The minimum absolute atomic E-state index is 0.000387. The summed E-state index contributed by atoms with van der Waals surface area (Å²) in [5.41, 5.74) is 2.00. The summed E-state index contributed by atoms with van der Waals surface area (Å²) in [6.07, 6.45) is -5.92. The molecule has 0 aliphatic rings. The first-order valence-electron chi connectivity index (χ1n) is 12.4. The van der Waals surface area contributed by atoms with E-state index in [9.17, 15) is 36.6 Å². The largest absolute Gasteiger partial charge is 0.471 e. The highest BCUT2D eigenvalue weighted by Crippen LogP contribution is 2.24. The number of hydrogen-bond donors (Lipinski definition) is 3. The van der Waals surface area contributed by atoms with Crippen molar-refractivity contribution in [3.63, 3.8) is 0 Å². The number of halogens is 5. The predicted octanol–water partition coefficient (Wildman–Crippen LogP) is 3.90. The van der Waals surface area contributed by atoms with E-state index in [2.05, 4.69) is 10.6 Å². The van der Waals surface area contributed by atoms with Crippen LogP contribution in [0.2, 0.25) is 0 Å². The van der Waals surface area contributed by atoms with E-state index in [4.69, 9.17) is 0 Å². The highest BCUT2D eigenvalue weighted by atomic mass is 19.4. The molecule has 0 bridgehead atoms. The van der Waals surface area contributed by atoms with Crippen molar-refractivity contribution in [2.45, 2.75) is 64.4 Å². The maximum absolute atomic E-state index is 13.8. The van der Waals surface area contributed by atoms with Gasteiger partial charge in [0, 0.05) is 39.2 Å². The van der Waals surface area contributed by atoms with E-state index in [1.165, 1.54) is 6.92 Å². The fourth-order valence-electron chi connectivity index (χ4n) is 4.14. The van der Waals surface area contributed by atoms with Crippen molar-refractivity contribution in [2.24, 2.45) is 0 Å². The molecule has 0 unspecified atom stereocenters. The molecule has 11 heteroatoms. The normalized spacial score (nSPS) is 13.2. The van der Waals surface area contributed by atoms with Gasteiger partial charge in [-0.15, -0.1) is 0 Å². The van der Waals surface area contributed by atoms with E-state index in [-0.39, 0.29) is 43.9 Å². The number of aliphatic hydroxyl groups excluding tert-OH is 1. The van der Waals surface area contributed by atoms with Crippen molar-refractivity contribution in [1.29, 1.82) is 0 Å². The zero-order valence-electron chi connectivity index (χ0n) is 21.5. The van der Waals surface area contributed by atoms with E-state index in [1.54, 1.807) is 0 Å². The van der Waals surface area contributed by atoms with Crippen LogP contribution in [0, 0.1) is 11.6 Å². The van der Waals surface area contributed by atoms with Gasteiger partial charge in [0.15, 0.2) is 0 Å². The molecule has 0 aromatic heterocycles. The molecule has 0 saturated carbocycles. The van der Waals surface area contributed by atoms with E-state index in [0.717, 1.165) is 29.7 Å². The van der Waals surface area contributed by atoms with E-state index >= 15 is 0 Å². The van der Waals surface area contributed by atoms with E-state index in [0.29, 0.717) is 17.5 Å². The van der Waals surface area contributed by atoms with Gasteiger partial charge in [-0.05, 0) is 54.5 Å². The van der Waals surface area contributed by atoms with Crippen LogP contribution in [0.15, 0.2) is 42.5 Å².